The highest BCUT2D eigenvalue weighted by molar-refractivity contribution is 5.85. The fraction of sp³-hybridized carbons (Fsp3) is 0.886. The number of carbonyl (C=O) groups excluding carboxylic acids is 2. The predicted molar refractivity (Wildman–Crippen MR) is 169 cm³/mol. The maximum atomic E-state index is 12.9. The Morgan fingerprint density at radius 1 is 0.900 bits per heavy atom. The van der Waals surface area contributed by atoms with E-state index in [4.69, 9.17) is 39.7 Å². The molecule has 284 valence electrons. The van der Waals surface area contributed by atoms with E-state index in [1.807, 2.05) is 0 Å². The Morgan fingerprint density at radius 2 is 1.62 bits per heavy atom. The van der Waals surface area contributed by atoms with Crippen LogP contribution < -0.4 is 0 Å². The molecule has 7 aliphatic rings. The standard InChI is InChI=1S/C29H42O9.C6H12O6/c1-16-25(33)22(31)12-24(37-16)38-18-3-8-27(15-30)20-4-7-26(2)19(17-11-23(32)36-14-17)6-10-29(26,35)21(20)5-9-28(27,34)13-18;7-1-2-3(8)4(9)5(10)6(11)12-2/h11,15-16,18-22,24-25,31,33-35H,3-10,12-14H2,1-2H3;2-11H,1H2/t16-,18+,19-,20+,21-,22+,24+,25-,26-,27+,28+,29+;2-,3-,4+,5-,6+/m11/s1. The summed E-state index contributed by atoms with van der Waals surface area (Å²) in [5.74, 6) is -0.473. The zero-order valence-electron chi connectivity index (χ0n) is 28.6. The van der Waals surface area contributed by atoms with E-state index in [-0.39, 0.29) is 36.2 Å². The molecule has 0 amide bonds. The quantitative estimate of drug-likeness (QED) is 0.0898. The van der Waals surface area contributed by atoms with Crippen LogP contribution in [0.4, 0.5) is 0 Å². The average molecular weight is 715 g/mol. The molecule has 0 bridgehead atoms. The molecule has 0 spiro atoms. The number of cyclic esters (lactones) is 1. The zero-order chi connectivity index (χ0) is 36.4. The molecule has 17 atom stereocenters. The van der Waals surface area contributed by atoms with E-state index < -0.39 is 83.9 Å². The molecule has 15 nitrogen and oxygen atoms in total. The van der Waals surface area contributed by atoms with Gasteiger partial charge in [0.2, 0.25) is 0 Å². The Labute approximate surface area is 290 Å². The first-order valence-electron chi connectivity index (χ1n) is 18.0. The lowest BCUT2D eigenvalue weighted by molar-refractivity contribution is -0.286. The maximum absolute atomic E-state index is 12.9. The van der Waals surface area contributed by atoms with Gasteiger partial charge in [-0.2, -0.15) is 0 Å². The number of carbonyl (C=O) groups is 2. The van der Waals surface area contributed by atoms with E-state index in [2.05, 4.69) is 11.7 Å². The van der Waals surface area contributed by atoms with Crippen molar-refractivity contribution in [2.75, 3.05) is 13.2 Å². The molecule has 4 aliphatic carbocycles. The lowest BCUT2D eigenvalue weighted by Crippen LogP contribution is -2.69. The van der Waals surface area contributed by atoms with Gasteiger partial charge in [0.05, 0.1) is 41.5 Å². The fourth-order valence-electron chi connectivity index (χ4n) is 10.8. The molecule has 6 fully saturated rings. The average Bonchev–Trinajstić information content (AvgIpc) is 3.63. The summed E-state index contributed by atoms with van der Waals surface area (Å²) in [5.41, 5.74) is -2.60. The molecule has 4 saturated carbocycles. The SMILES string of the molecule is C[C@H]1O[C@@H](O[C@H]2CC[C@]3(C=O)[C@H]4CC[C@]5(C)[C@@H](C6=CC(=O)OC6)CC[C@]5(O)[C@@H]4CC[C@]3(O)C2)C[C@H](O)[C@@H]1O.OC[C@H]1O[C@H](O)[C@H](O)[C@@H](O)[C@@H]1O. The third-order valence-electron chi connectivity index (χ3n) is 13.7. The highest BCUT2D eigenvalue weighted by Crippen LogP contribution is 2.70. The topological polar surface area (TPSA) is 253 Å². The first-order valence-corrected chi connectivity index (χ1v) is 18.0. The summed E-state index contributed by atoms with van der Waals surface area (Å²) in [6.45, 7) is 3.60. The van der Waals surface area contributed by atoms with Gasteiger partial charge in [-0.15, -0.1) is 0 Å². The van der Waals surface area contributed by atoms with Gasteiger partial charge >= 0.3 is 5.97 Å². The van der Waals surface area contributed by atoms with Gasteiger partial charge in [-0.1, -0.05) is 6.92 Å². The van der Waals surface area contributed by atoms with Crippen molar-refractivity contribution in [3.63, 3.8) is 0 Å². The Bertz CT molecular complexity index is 1280. The van der Waals surface area contributed by atoms with Crippen molar-refractivity contribution in [2.45, 2.75) is 151 Å². The molecule has 7 rings (SSSR count). The van der Waals surface area contributed by atoms with Crippen LogP contribution >= 0.6 is 0 Å². The monoisotopic (exact) mass is 714 g/mol. The molecular formula is C35H54O15. The van der Waals surface area contributed by atoms with Crippen molar-refractivity contribution in [3.8, 4) is 0 Å². The Balaban J connectivity index is 0.000000306. The fourth-order valence-corrected chi connectivity index (χ4v) is 10.8. The van der Waals surface area contributed by atoms with Crippen LogP contribution in [0.15, 0.2) is 11.6 Å². The minimum Gasteiger partial charge on any atom is -0.458 e. The Hall–Kier alpha value is -1.60. The van der Waals surface area contributed by atoms with E-state index >= 15 is 0 Å². The van der Waals surface area contributed by atoms with Crippen LogP contribution in [0, 0.1) is 28.6 Å². The molecule has 3 heterocycles. The largest absolute Gasteiger partial charge is 0.458 e. The molecule has 50 heavy (non-hydrogen) atoms. The minimum atomic E-state index is -1.57. The Kier molecular flexibility index (Phi) is 10.7. The lowest BCUT2D eigenvalue weighted by atomic mass is 9.41. The van der Waals surface area contributed by atoms with Gasteiger partial charge in [0.25, 0.3) is 0 Å². The summed E-state index contributed by atoms with van der Waals surface area (Å²) >= 11 is 0. The molecule has 2 saturated heterocycles. The molecule has 0 aromatic heterocycles. The summed E-state index contributed by atoms with van der Waals surface area (Å²) in [6.07, 6.45) is -2.54. The first kappa shape index (κ1) is 38.1. The van der Waals surface area contributed by atoms with Crippen molar-refractivity contribution in [2.24, 2.45) is 28.6 Å². The summed E-state index contributed by atoms with van der Waals surface area (Å²) in [7, 11) is 0. The first-order chi connectivity index (χ1) is 23.5. The van der Waals surface area contributed by atoms with Gasteiger partial charge in [0.15, 0.2) is 12.6 Å². The summed E-state index contributed by atoms with van der Waals surface area (Å²) in [5, 5.41) is 89.2. The van der Waals surface area contributed by atoms with Crippen LogP contribution in [0.5, 0.6) is 0 Å². The van der Waals surface area contributed by atoms with E-state index in [0.29, 0.717) is 45.1 Å². The number of aldehydes is 1. The number of aliphatic hydroxyl groups excluding tert-OH is 7. The number of hydrogen-bond acceptors (Lipinski definition) is 15. The van der Waals surface area contributed by atoms with E-state index in [0.717, 1.165) is 31.1 Å². The van der Waals surface area contributed by atoms with Crippen LogP contribution in [-0.2, 0) is 28.5 Å². The summed E-state index contributed by atoms with van der Waals surface area (Å²) in [4.78, 5) is 24.7. The normalized spacial score (nSPS) is 53.1. The van der Waals surface area contributed by atoms with Crippen molar-refractivity contribution >= 4 is 12.3 Å². The predicted octanol–water partition coefficient (Wildman–Crippen LogP) is -1.44. The summed E-state index contributed by atoms with van der Waals surface area (Å²) < 4.78 is 21.7. The van der Waals surface area contributed by atoms with Crippen molar-refractivity contribution in [1.82, 2.24) is 0 Å². The van der Waals surface area contributed by atoms with Gasteiger partial charge in [-0.05, 0) is 81.6 Å². The molecule has 3 aliphatic heterocycles. The molecule has 9 N–H and O–H groups in total. The number of fused-ring (bicyclic) bond motifs is 5. The highest BCUT2D eigenvalue weighted by atomic mass is 16.7. The molecule has 15 heteroatoms. The third kappa shape index (κ3) is 6.08. The molecule has 0 unspecified atom stereocenters. The highest BCUT2D eigenvalue weighted by Gasteiger charge is 2.71. The van der Waals surface area contributed by atoms with Gasteiger partial charge in [0, 0.05) is 24.3 Å². The van der Waals surface area contributed by atoms with E-state index in [1.165, 1.54) is 0 Å². The minimum absolute atomic E-state index is 0.0729. The second-order valence-corrected chi connectivity index (χ2v) is 16.0. The van der Waals surface area contributed by atoms with Gasteiger partial charge in [0.1, 0.15) is 43.4 Å². The number of esters is 1. The second kappa shape index (κ2) is 14.0. The number of ether oxygens (including phenoxy) is 4. The van der Waals surface area contributed by atoms with Crippen molar-refractivity contribution < 1.29 is 74.5 Å². The number of rotatable bonds is 5. The maximum Gasteiger partial charge on any atom is 0.331 e. The molecule has 0 radical (unpaired) electrons. The summed E-state index contributed by atoms with van der Waals surface area (Å²) in [6, 6.07) is 0. The Morgan fingerprint density at radius 3 is 2.26 bits per heavy atom. The van der Waals surface area contributed by atoms with Gasteiger partial charge in [-0.3, -0.25) is 0 Å². The van der Waals surface area contributed by atoms with E-state index in [9.17, 15) is 30.0 Å². The van der Waals surface area contributed by atoms with Crippen LogP contribution in [0.2, 0.25) is 0 Å². The van der Waals surface area contributed by atoms with Crippen molar-refractivity contribution in [3.05, 3.63) is 11.6 Å². The smallest absolute Gasteiger partial charge is 0.331 e. The van der Waals surface area contributed by atoms with Crippen LogP contribution in [0.3, 0.4) is 0 Å². The van der Waals surface area contributed by atoms with E-state index in [1.54, 1.807) is 13.0 Å². The molecule has 0 aromatic carbocycles. The van der Waals surface area contributed by atoms with Crippen LogP contribution in [-0.4, -0.2) is 144 Å². The number of aliphatic hydroxyl groups is 9. The molecule has 0 aromatic rings. The van der Waals surface area contributed by atoms with Gasteiger partial charge in [-0.25, -0.2) is 4.79 Å². The van der Waals surface area contributed by atoms with Gasteiger partial charge < -0.3 is 69.7 Å². The zero-order valence-corrected chi connectivity index (χ0v) is 28.6. The van der Waals surface area contributed by atoms with Crippen molar-refractivity contribution in [1.29, 1.82) is 0 Å². The van der Waals surface area contributed by atoms with Crippen LogP contribution in [0.1, 0.15) is 78.1 Å². The molecular weight excluding hydrogens is 660 g/mol. The van der Waals surface area contributed by atoms with Crippen LogP contribution in [0.25, 0.3) is 0 Å². The third-order valence-corrected chi connectivity index (χ3v) is 13.7. The number of hydrogen-bond donors (Lipinski definition) is 9. The lowest BCUT2D eigenvalue weighted by Gasteiger charge is -2.65. The second-order valence-electron chi connectivity index (χ2n) is 16.0.